The molecule has 0 aliphatic heterocycles. The third-order valence-electron chi connectivity index (χ3n) is 3.30. The summed E-state index contributed by atoms with van der Waals surface area (Å²) >= 11 is 3.61. The lowest BCUT2D eigenvalue weighted by molar-refractivity contribution is 0.523. The van der Waals surface area contributed by atoms with E-state index in [1.54, 1.807) is 4.68 Å². The van der Waals surface area contributed by atoms with Gasteiger partial charge in [0.2, 0.25) is 0 Å². The second kappa shape index (κ2) is 6.99. The standard InChI is InChI=1S/C15H21BrN4/c1-4-7-17-15(9-13-10-20(3)19-18-13)12-6-5-11(2)14(16)8-12/h5-6,8,10,15,17H,4,7,9H2,1-3H3. The van der Waals surface area contributed by atoms with Crippen molar-refractivity contribution in [3.05, 3.63) is 45.7 Å². The van der Waals surface area contributed by atoms with Crippen LogP contribution in [0.3, 0.4) is 0 Å². The highest BCUT2D eigenvalue weighted by molar-refractivity contribution is 9.10. The van der Waals surface area contributed by atoms with Crippen LogP contribution in [-0.2, 0) is 13.5 Å². The van der Waals surface area contributed by atoms with Gasteiger partial charge in [-0.25, -0.2) is 0 Å². The average molecular weight is 337 g/mol. The molecule has 5 heteroatoms. The molecule has 20 heavy (non-hydrogen) atoms. The van der Waals surface area contributed by atoms with E-state index in [1.165, 1.54) is 11.1 Å². The van der Waals surface area contributed by atoms with Crippen molar-refractivity contribution in [2.45, 2.75) is 32.7 Å². The average Bonchev–Trinajstić information content (AvgIpc) is 2.83. The molecule has 1 aromatic heterocycles. The fourth-order valence-electron chi connectivity index (χ4n) is 2.15. The smallest absolute Gasteiger partial charge is 0.0845 e. The van der Waals surface area contributed by atoms with Gasteiger partial charge < -0.3 is 5.32 Å². The molecule has 0 bridgehead atoms. The van der Waals surface area contributed by atoms with E-state index < -0.39 is 0 Å². The molecule has 1 atom stereocenters. The van der Waals surface area contributed by atoms with Crippen LogP contribution in [0.4, 0.5) is 0 Å². The number of aryl methyl sites for hydroxylation is 2. The van der Waals surface area contributed by atoms with E-state index >= 15 is 0 Å². The predicted molar refractivity (Wildman–Crippen MR) is 84.6 cm³/mol. The highest BCUT2D eigenvalue weighted by atomic mass is 79.9. The Hall–Kier alpha value is -1.20. The van der Waals surface area contributed by atoms with E-state index in [9.17, 15) is 0 Å². The van der Waals surface area contributed by atoms with Gasteiger partial charge in [0.05, 0.1) is 5.69 Å². The van der Waals surface area contributed by atoms with Gasteiger partial charge in [-0.3, -0.25) is 4.68 Å². The van der Waals surface area contributed by atoms with Crippen LogP contribution in [0.2, 0.25) is 0 Å². The Labute approximate surface area is 128 Å². The maximum absolute atomic E-state index is 4.19. The van der Waals surface area contributed by atoms with Gasteiger partial charge in [-0.1, -0.05) is 40.2 Å². The topological polar surface area (TPSA) is 42.7 Å². The second-order valence-corrected chi connectivity index (χ2v) is 5.96. The quantitative estimate of drug-likeness (QED) is 0.880. The minimum atomic E-state index is 0.267. The molecule has 0 fully saturated rings. The summed E-state index contributed by atoms with van der Waals surface area (Å²) < 4.78 is 2.90. The zero-order valence-electron chi connectivity index (χ0n) is 12.2. The second-order valence-electron chi connectivity index (χ2n) is 5.10. The van der Waals surface area contributed by atoms with Crippen LogP contribution in [-0.4, -0.2) is 21.5 Å². The largest absolute Gasteiger partial charge is 0.310 e. The van der Waals surface area contributed by atoms with Gasteiger partial charge in [0.1, 0.15) is 0 Å². The van der Waals surface area contributed by atoms with Gasteiger partial charge in [-0.2, -0.15) is 0 Å². The molecule has 0 aliphatic carbocycles. The summed E-state index contributed by atoms with van der Waals surface area (Å²) in [5.74, 6) is 0. The van der Waals surface area contributed by atoms with E-state index in [0.717, 1.165) is 29.6 Å². The summed E-state index contributed by atoms with van der Waals surface area (Å²) in [7, 11) is 1.90. The minimum Gasteiger partial charge on any atom is -0.310 e. The van der Waals surface area contributed by atoms with Gasteiger partial charge in [-0.15, -0.1) is 5.10 Å². The summed E-state index contributed by atoms with van der Waals surface area (Å²) in [6, 6.07) is 6.79. The zero-order valence-corrected chi connectivity index (χ0v) is 13.8. The molecular formula is C15H21BrN4. The van der Waals surface area contributed by atoms with Crippen molar-refractivity contribution < 1.29 is 0 Å². The van der Waals surface area contributed by atoms with Crippen molar-refractivity contribution in [2.24, 2.45) is 7.05 Å². The molecule has 0 saturated carbocycles. The van der Waals surface area contributed by atoms with Gasteiger partial charge >= 0.3 is 0 Å². The molecule has 2 aromatic rings. The summed E-state index contributed by atoms with van der Waals surface area (Å²) in [5.41, 5.74) is 3.54. The molecular weight excluding hydrogens is 316 g/mol. The lowest BCUT2D eigenvalue weighted by Crippen LogP contribution is -2.24. The summed E-state index contributed by atoms with van der Waals surface area (Å²) in [6.45, 7) is 5.28. The molecule has 1 unspecified atom stereocenters. The van der Waals surface area contributed by atoms with Crippen LogP contribution in [0.1, 0.15) is 36.2 Å². The van der Waals surface area contributed by atoms with Crippen molar-refractivity contribution in [3.8, 4) is 0 Å². The van der Waals surface area contributed by atoms with E-state index in [1.807, 2.05) is 13.2 Å². The Morgan fingerprint density at radius 2 is 2.20 bits per heavy atom. The van der Waals surface area contributed by atoms with Crippen molar-refractivity contribution in [2.75, 3.05) is 6.54 Å². The molecule has 0 radical (unpaired) electrons. The van der Waals surface area contributed by atoms with Crippen LogP contribution in [0.5, 0.6) is 0 Å². The fraction of sp³-hybridized carbons (Fsp3) is 0.467. The summed E-state index contributed by atoms with van der Waals surface area (Å²) in [6.07, 6.45) is 3.94. The Balaban J connectivity index is 2.19. The van der Waals surface area contributed by atoms with Crippen LogP contribution in [0.15, 0.2) is 28.9 Å². The maximum atomic E-state index is 4.19. The number of benzene rings is 1. The molecule has 4 nitrogen and oxygen atoms in total. The molecule has 2 rings (SSSR count). The summed E-state index contributed by atoms with van der Waals surface area (Å²) in [5, 5.41) is 11.8. The molecule has 0 saturated heterocycles. The first-order chi connectivity index (χ1) is 9.60. The lowest BCUT2D eigenvalue weighted by Gasteiger charge is -2.18. The highest BCUT2D eigenvalue weighted by Gasteiger charge is 2.14. The van der Waals surface area contributed by atoms with Crippen LogP contribution >= 0.6 is 15.9 Å². The van der Waals surface area contributed by atoms with Crippen molar-refractivity contribution in [1.29, 1.82) is 0 Å². The van der Waals surface area contributed by atoms with Crippen LogP contribution < -0.4 is 5.32 Å². The van der Waals surface area contributed by atoms with Gasteiger partial charge in [0.15, 0.2) is 0 Å². The van der Waals surface area contributed by atoms with Gasteiger partial charge in [0, 0.05) is 30.2 Å². The fourth-order valence-corrected chi connectivity index (χ4v) is 2.55. The molecule has 0 aliphatic rings. The first kappa shape index (κ1) is 15.2. The Morgan fingerprint density at radius 3 is 2.80 bits per heavy atom. The molecule has 1 heterocycles. The van der Waals surface area contributed by atoms with Crippen LogP contribution in [0, 0.1) is 6.92 Å². The number of hydrogen-bond acceptors (Lipinski definition) is 3. The SMILES string of the molecule is CCCNC(Cc1cn(C)nn1)c1ccc(C)c(Br)c1. The zero-order chi connectivity index (χ0) is 14.5. The lowest BCUT2D eigenvalue weighted by atomic mass is 10.0. The molecule has 0 spiro atoms. The van der Waals surface area contributed by atoms with Gasteiger partial charge in [-0.05, 0) is 37.1 Å². The van der Waals surface area contributed by atoms with E-state index in [4.69, 9.17) is 0 Å². The van der Waals surface area contributed by atoms with E-state index in [-0.39, 0.29) is 6.04 Å². The van der Waals surface area contributed by atoms with Gasteiger partial charge in [0.25, 0.3) is 0 Å². The predicted octanol–water partition coefficient (Wildman–Crippen LogP) is 3.17. The van der Waals surface area contributed by atoms with E-state index in [2.05, 4.69) is 63.6 Å². The van der Waals surface area contributed by atoms with Crippen molar-refractivity contribution >= 4 is 15.9 Å². The minimum absolute atomic E-state index is 0.267. The number of hydrogen-bond donors (Lipinski definition) is 1. The Kier molecular flexibility index (Phi) is 5.31. The summed E-state index contributed by atoms with van der Waals surface area (Å²) in [4.78, 5) is 0. The third kappa shape index (κ3) is 3.90. The number of nitrogens with one attached hydrogen (secondary N) is 1. The van der Waals surface area contributed by atoms with Crippen LogP contribution in [0.25, 0.3) is 0 Å². The Morgan fingerprint density at radius 1 is 1.40 bits per heavy atom. The molecule has 1 N–H and O–H groups in total. The number of nitrogens with zero attached hydrogens (tertiary/aromatic N) is 3. The molecule has 0 amide bonds. The van der Waals surface area contributed by atoms with Crippen molar-refractivity contribution in [1.82, 2.24) is 20.3 Å². The molecule has 108 valence electrons. The van der Waals surface area contributed by atoms with Crippen molar-refractivity contribution in [3.63, 3.8) is 0 Å². The Bertz CT molecular complexity index is 565. The van der Waals surface area contributed by atoms with E-state index in [0.29, 0.717) is 0 Å². The monoisotopic (exact) mass is 336 g/mol. The first-order valence-electron chi connectivity index (χ1n) is 6.94. The number of halogens is 1. The molecule has 1 aromatic carbocycles. The normalized spacial score (nSPS) is 12.6. The maximum Gasteiger partial charge on any atom is 0.0845 e. The third-order valence-corrected chi connectivity index (χ3v) is 4.16. The first-order valence-corrected chi connectivity index (χ1v) is 7.74. The highest BCUT2D eigenvalue weighted by Crippen LogP contribution is 2.24. The number of aromatic nitrogens is 3. The number of rotatable bonds is 6.